The lowest BCUT2D eigenvalue weighted by atomic mass is 10.2. The lowest BCUT2D eigenvalue weighted by molar-refractivity contribution is 0.0523. The summed E-state index contributed by atoms with van der Waals surface area (Å²) in [7, 11) is 0. The van der Waals surface area contributed by atoms with E-state index in [2.05, 4.69) is 31.2 Å². The summed E-state index contributed by atoms with van der Waals surface area (Å²) in [5.74, 6) is 0.282. The van der Waals surface area contributed by atoms with E-state index in [1.54, 1.807) is 20.8 Å². The summed E-state index contributed by atoms with van der Waals surface area (Å²) in [5, 5.41) is 2.56. The van der Waals surface area contributed by atoms with Crippen molar-refractivity contribution in [2.75, 3.05) is 5.73 Å². The molecule has 0 atom stereocenters. The van der Waals surface area contributed by atoms with Gasteiger partial charge in [0.15, 0.2) is 0 Å². The van der Waals surface area contributed by atoms with E-state index in [1.165, 1.54) is 6.20 Å². The predicted molar refractivity (Wildman–Crippen MR) is 67.2 cm³/mol. The lowest BCUT2D eigenvalue weighted by Crippen LogP contribution is -2.32. The Morgan fingerprint density at radius 3 is 2.82 bits per heavy atom. The highest BCUT2D eigenvalue weighted by Crippen LogP contribution is 2.11. The zero-order valence-corrected chi connectivity index (χ0v) is 11.5. The van der Waals surface area contributed by atoms with E-state index in [9.17, 15) is 4.79 Å². The summed E-state index contributed by atoms with van der Waals surface area (Å²) in [5.41, 5.74) is 5.58. The molecule has 1 aromatic heterocycles. The highest BCUT2D eigenvalue weighted by molar-refractivity contribution is 9.10. The van der Waals surface area contributed by atoms with Crippen molar-refractivity contribution in [3.63, 3.8) is 0 Å². The van der Waals surface area contributed by atoms with Crippen LogP contribution < -0.4 is 11.1 Å². The Hall–Kier alpha value is -1.37. The molecule has 0 aliphatic heterocycles. The number of nitrogens with one attached hydrogen (secondary N) is 1. The van der Waals surface area contributed by atoms with Gasteiger partial charge in [-0.3, -0.25) is 0 Å². The molecule has 0 unspecified atom stereocenters. The van der Waals surface area contributed by atoms with Crippen molar-refractivity contribution < 1.29 is 9.53 Å². The van der Waals surface area contributed by atoms with Crippen molar-refractivity contribution in [3.8, 4) is 0 Å². The molecular formula is C10H15BrN4O2. The third-order valence-electron chi connectivity index (χ3n) is 1.65. The summed E-state index contributed by atoms with van der Waals surface area (Å²) in [6, 6.07) is 0. The maximum absolute atomic E-state index is 11.4. The Kier molecular flexibility index (Phi) is 4.28. The van der Waals surface area contributed by atoms with Crippen molar-refractivity contribution in [3.05, 3.63) is 16.5 Å². The highest BCUT2D eigenvalue weighted by Gasteiger charge is 2.16. The van der Waals surface area contributed by atoms with Gasteiger partial charge in [0.05, 0.1) is 12.7 Å². The second kappa shape index (κ2) is 5.31. The van der Waals surface area contributed by atoms with E-state index in [0.717, 1.165) is 0 Å². The Morgan fingerprint density at radius 1 is 1.59 bits per heavy atom. The molecule has 3 N–H and O–H groups in total. The first-order valence-corrected chi connectivity index (χ1v) is 5.81. The number of anilines is 1. The van der Waals surface area contributed by atoms with Gasteiger partial charge >= 0.3 is 6.09 Å². The number of hydrogen-bond acceptors (Lipinski definition) is 5. The summed E-state index contributed by atoms with van der Waals surface area (Å²) >= 11 is 3.18. The number of carbonyl (C=O) groups is 1. The van der Waals surface area contributed by atoms with Crippen molar-refractivity contribution in [2.45, 2.75) is 32.9 Å². The van der Waals surface area contributed by atoms with Crippen LogP contribution in [0.1, 0.15) is 26.5 Å². The first kappa shape index (κ1) is 13.7. The van der Waals surface area contributed by atoms with Gasteiger partial charge in [0.2, 0.25) is 0 Å². The van der Waals surface area contributed by atoms with Crippen molar-refractivity contribution in [1.29, 1.82) is 0 Å². The van der Waals surface area contributed by atoms with Gasteiger partial charge in [-0.25, -0.2) is 14.8 Å². The molecule has 17 heavy (non-hydrogen) atoms. The van der Waals surface area contributed by atoms with Crippen LogP contribution in [0.2, 0.25) is 0 Å². The number of nitrogens with two attached hydrogens (primary N) is 1. The first-order chi connectivity index (χ1) is 7.78. The minimum absolute atomic E-state index is 0.174. The average molecular weight is 303 g/mol. The van der Waals surface area contributed by atoms with E-state index in [-0.39, 0.29) is 12.4 Å². The number of aromatic nitrogens is 2. The molecule has 1 amide bonds. The number of ether oxygens (including phenoxy) is 1. The molecule has 1 rings (SSSR count). The van der Waals surface area contributed by atoms with E-state index in [0.29, 0.717) is 10.3 Å². The van der Waals surface area contributed by atoms with E-state index >= 15 is 0 Å². The molecule has 0 aromatic carbocycles. The lowest BCUT2D eigenvalue weighted by Gasteiger charge is -2.19. The number of rotatable bonds is 2. The topological polar surface area (TPSA) is 90.1 Å². The second-order valence-electron chi connectivity index (χ2n) is 4.38. The van der Waals surface area contributed by atoms with Crippen LogP contribution in [0, 0.1) is 0 Å². The van der Waals surface area contributed by atoms with Crippen LogP contribution in [0.25, 0.3) is 0 Å². The number of alkyl carbamates (subject to hydrolysis) is 1. The monoisotopic (exact) mass is 302 g/mol. The van der Waals surface area contributed by atoms with Crippen LogP contribution in [0.15, 0.2) is 10.8 Å². The smallest absolute Gasteiger partial charge is 0.407 e. The quantitative estimate of drug-likeness (QED) is 0.870. The van der Waals surface area contributed by atoms with Gasteiger partial charge in [-0.2, -0.15) is 0 Å². The van der Waals surface area contributed by atoms with Crippen LogP contribution >= 0.6 is 15.9 Å². The van der Waals surface area contributed by atoms with Gasteiger partial charge in [-0.05, 0) is 36.7 Å². The Bertz CT molecular complexity index is 417. The molecule has 1 heterocycles. The maximum atomic E-state index is 11.4. The molecule has 7 heteroatoms. The number of halogens is 1. The standard InChI is InChI=1S/C10H15BrN4O2/c1-10(2,3)17-9(16)14-4-6-8(12)13-5-7(11)15-6/h5H,4H2,1-3H3,(H2,12,13)(H,14,16). The Balaban J connectivity index is 2.56. The summed E-state index contributed by atoms with van der Waals surface area (Å²) in [6.07, 6.45) is 0.977. The van der Waals surface area contributed by atoms with Gasteiger partial charge in [-0.1, -0.05) is 0 Å². The van der Waals surface area contributed by atoms with Crippen LogP contribution in [0.4, 0.5) is 10.6 Å². The molecule has 0 saturated heterocycles. The molecule has 0 aliphatic carbocycles. The molecule has 0 radical (unpaired) electrons. The zero-order chi connectivity index (χ0) is 13.1. The molecule has 0 aliphatic rings. The van der Waals surface area contributed by atoms with Gasteiger partial charge in [0.25, 0.3) is 0 Å². The van der Waals surface area contributed by atoms with E-state index in [1.807, 2.05) is 0 Å². The highest BCUT2D eigenvalue weighted by atomic mass is 79.9. The number of carbonyl (C=O) groups excluding carboxylic acids is 1. The van der Waals surface area contributed by atoms with Crippen molar-refractivity contribution >= 4 is 27.8 Å². The zero-order valence-electron chi connectivity index (χ0n) is 9.95. The Labute approximate surface area is 108 Å². The number of nitrogen functional groups attached to an aromatic ring is 1. The average Bonchev–Trinajstić information content (AvgIpc) is 2.17. The minimum Gasteiger partial charge on any atom is -0.444 e. The Morgan fingerprint density at radius 2 is 2.24 bits per heavy atom. The summed E-state index contributed by atoms with van der Waals surface area (Å²) in [6.45, 7) is 5.55. The van der Waals surface area contributed by atoms with Crippen LogP contribution in [-0.4, -0.2) is 21.7 Å². The SMILES string of the molecule is CC(C)(C)OC(=O)NCc1nc(Br)cnc1N. The molecule has 0 spiro atoms. The van der Waals surface area contributed by atoms with Gasteiger partial charge in [0, 0.05) is 0 Å². The largest absolute Gasteiger partial charge is 0.444 e. The van der Waals surface area contributed by atoms with E-state index < -0.39 is 11.7 Å². The van der Waals surface area contributed by atoms with Gasteiger partial charge in [0.1, 0.15) is 21.7 Å². The number of nitrogens with zero attached hydrogens (tertiary/aromatic N) is 2. The van der Waals surface area contributed by atoms with Gasteiger partial charge < -0.3 is 15.8 Å². The maximum Gasteiger partial charge on any atom is 0.407 e. The van der Waals surface area contributed by atoms with Crippen molar-refractivity contribution in [1.82, 2.24) is 15.3 Å². The minimum atomic E-state index is -0.529. The fourth-order valence-corrected chi connectivity index (χ4v) is 1.33. The first-order valence-electron chi connectivity index (χ1n) is 5.01. The summed E-state index contributed by atoms with van der Waals surface area (Å²) < 4.78 is 5.64. The van der Waals surface area contributed by atoms with Crippen LogP contribution in [-0.2, 0) is 11.3 Å². The molecule has 0 fully saturated rings. The third kappa shape index (κ3) is 4.99. The summed E-state index contributed by atoms with van der Waals surface area (Å²) in [4.78, 5) is 19.4. The molecule has 94 valence electrons. The fraction of sp³-hybridized carbons (Fsp3) is 0.500. The van der Waals surface area contributed by atoms with Crippen molar-refractivity contribution in [2.24, 2.45) is 0 Å². The number of hydrogen-bond donors (Lipinski definition) is 2. The second-order valence-corrected chi connectivity index (χ2v) is 5.19. The number of amides is 1. The third-order valence-corrected chi connectivity index (χ3v) is 2.03. The van der Waals surface area contributed by atoms with Crippen LogP contribution in [0.3, 0.4) is 0 Å². The van der Waals surface area contributed by atoms with E-state index in [4.69, 9.17) is 10.5 Å². The molecule has 1 aromatic rings. The normalized spacial score (nSPS) is 11.1. The molecule has 0 saturated carbocycles. The molecule has 6 nitrogen and oxygen atoms in total. The predicted octanol–water partition coefficient (Wildman–Crippen LogP) is 1.85. The van der Waals surface area contributed by atoms with Crippen LogP contribution in [0.5, 0.6) is 0 Å². The molecular weight excluding hydrogens is 288 g/mol. The fourth-order valence-electron chi connectivity index (χ4n) is 1.01. The van der Waals surface area contributed by atoms with Gasteiger partial charge in [-0.15, -0.1) is 0 Å². The molecule has 0 bridgehead atoms.